The van der Waals surface area contributed by atoms with E-state index in [1.165, 1.54) is 0 Å². The van der Waals surface area contributed by atoms with Crippen LogP contribution in [0.4, 0.5) is 5.69 Å². The van der Waals surface area contributed by atoms with Crippen molar-refractivity contribution >= 4 is 33.2 Å². The lowest BCUT2D eigenvalue weighted by Gasteiger charge is -2.24. The van der Waals surface area contributed by atoms with Crippen molar-refractivity contribution in [2.24, 2.45) is 10.9 Å². The molecule has 0 fully saturated rings. The summed E-state index contributed by atoms with van der Waals surface area (Å²) in [5.41, 5.74) is 5.44. The fourth-order valence-corrected chi connectivity index (χ4v) is 2.89. The number of rotatable bonds is 2. The van der Waals surface area contributed by atoms with Crippen molar-refractivity contribution in [2.45, 2.75) is 20.8 Å². The maximum atomic E-state index is 11.4. The number of hydrogen-bond acceptors (Lipinski definition) is 5. The first-order chi connectivity index (χ1) is 10.4. The third-order valence-electron chi connectivity index (χ3n) is 4.12. The van der Waals surface area contributed by atoms with Gasteiger partial charge in [0.1, 0.15) is 0 Å². The van der Waals surface area contributed by atoms with E-state index >= 15 is 0 Å². The minimum Gasteiger partial charge on any atom is -0.733 e. The van der Waals surface area contributed by atoms with Crippen LogP contribution in [0, 0.1) is 19.1 Å². The maximum Gasteiger partial charge on any atom is 0.0642 e. The molecule has 4 N–H and O–H groups in total. The van der Waals surface area contributed by atoms with Gasteiger partial charge < -0.3 is 21.3 Å². The maximum absolute atomic E-state index is 11.4. The van der Waals surface area contributed by atoms with Crippen molar-refractivity contribution in [3.8, 4) is 0 Å². The number of fused-ring (bicyclic) bond motifs is 3. The molecule has 0 aliphatic rings. The number of H-pyrrole nitrogens is 1. The molecule has 0 aliphatic carbocycles. The van der Waals surface area contributed by atoms with Gasteiger partial charge in [-0.3, -0.25) is 5.21 Å². The Bertz CT molecular complexity index is 910. The number of hydrogen-bond donors (Lipinski definition) is 3. The van der Waals surface area contributed by atoms with Gasteiger partial charge >= 0.3 is 0 Å². The van der Waals surface area contributed by atoms with Crippen LogP contribution in [0.1, 0.15) is 23.6 Å². The minimum absolute atomic E-state index is 0.0863. The van der Waals surface area contributed by atoms with Crippen LogP contribution in [0.15, 0.2) is 29.4 Å². The molecule has 0 amide bonds. The van der Waals surface area contributed by atoms with Gasteiger partial charge in [-0.1, -0.05) is 6.07 Å². The lowest BCUT2D eigenvalue weighted by molar-refractivity contribution is 0.296. The predicted molar refractivity (Wildman–Crippen MR) is 89.3 cm³/mol. The molecule has 3 rings (SSSR count). The summed E-state index contributed by atoms with van der Waals surface area (Å²) < 4.78 is 0. The van der Waals surface area contributed by atoms with Crippen LogP contribution >= 0.6 is 0 Å². The number of benzene rings is 2. The largest absolute Gasteiger partial charge is 0.733 e. The second-order valence-corrected chi connectivity index (χ2v) is 5.46. The highest BCUT2D eigenvalue weighted by atomic mass is 16.8. The molecule has 0 atom stereocenters. The van der Waals surface area contributed by atoms with Crippen molar-refractivity contribution in [3.63, 3.8) is 0 Å². The highest BCUT2D eigenvalue weighted by molar-refractivity contribution is 6.13. The van der Waals surface area contributed by atoms with E-state index < -0.39 is 0 Å². The Kier molecular flexibility index (Phi) is 3.27. The standard InChI is InChI=1S/C16H17N4O2/c1-8-6-14(20(21)22)9(2)15-12-7-11(10(3)19-17)4-5-13(12)18-16(8)15/h4-7,18,21H,17H2,1-3H3/q-1/b19-10+. The third-order valence-corrected chi connectivity index (χ3v) is 4.12. The molecule has 2 aromatic carbocycles. The molecule has 1 heterocycles. The lowest BCUT2D eigenvalue weighted by Crippen LogP contribution is -2.09. The summed E-state index contributed by atoms with van der Waals surface area (Å²) in [7, 11) is 0. The molecule has 0 saturated heterocycles. The topological polar surface area (TPSA) is 101 Å². The number of aromatic nitrogens is 1. The molecule has 114 valence electrons. The van der Waals surface area contributed by atoms with Crippen molar-refractivity contribution in [1.82, 2.24) is 4.98 Å². The zero-order chi connectivity index (χ0) is 16.0. The summed E-state index contributed by atoms with van der Waals surface area (Å²) in [4.78, 5) is 3.36. The molecule has 0 saturated carbocycles. The van der Waals surface area contributed by atoms with E-state index in [1.54, 1.807) is 6.07 Å². The molecular formula is C16H17N4O2-. The van der Waals surface area contributed by atoms with Crippen LogP contribution in [0.25, 0.3) is 21.8 Å². The molecule has 6 nitrogen and oxygen atoms in total. The van der Waals surface area contributed by atoms with Crippen LogP contribution < -0.4 is 11.1 Å². The summed E-state index contributed by atoms with van der Waals surface area (Å²) in [5, 5.41) is 26.2. The number of aromatic amines is 1. The van der Waals surface area contributed by atoms with Crippen molar-refractivity contribution < 1.29 is 5.21 Å². The lowest BCUT2D eigenvalue weighted by atomic mass is 10.0. The summed E-state index contributed by atoms with van der Waals surface area (Å²) in [5.74, 6) is 5.35. The Morgan fingerprint density at radius 3 is 2.68 bits per heavy atom. The van der Waals surface area contributed by atoms with Gasteiger partial charge in [0.2, 0.25) is 0 Å². The number of nitrogens with two attached hydrogens (primary N) is 1. The van der Waals surface area contributed by atoms with Crippen LogP contribution in [0.2, 0.25) is 0 Å². The van der Waals surface area contributed by atoms with Crippen LogP contribution in [-0.2, 0) is 0 Å². The Labute approximate surface area is 127 Å². The second-order valence-electron chi connectivity index (χ2n) is 5.46. The Hall–Kier alpha value is -2.57. The molecule has 0 bridgehead atoms. The fourth-order valence-electron chi connectivity index (χ4n) is 2.89. The third kappa shape index (κ3) is 2.01. The highest BCUT2D eigenvalue weighted by Crippen LogP contribution is 2.36. The van der Waals surface area contributed by atoms with Gasteiger partial charge in [0.25, 0.3) is 0 Å². The van der Waals surface area contributed by atoms with E-state index in [9.17, 15) is 10.4 Å². The van der Waals surface area contributed by atoms with Crippen molar-refractivity contribution in [3.05, 3.63) is 46.2 Å². The molecule has 0 spiro atoms. The molecule has 1 aromatic heterocycles. The zero-order valence-corrected chi connectivity index (χ0v) is 12.6. The van der Waals surface area contributed by atoms with Gasteiger partial charge in [-0.2, -0.15) is 5.10 Å². The molecule has 22 heavy (non-hydrogen) atoms. The Morgan fingerprint density at radius 2 is 2.05 bits per heavy atom. The molecule has 6 heteroatoms. The van der Waals surface area contributed by atoms with E-state index in [0.717, 1.165) is 44.2 Å². The number of hydrazone groups is 1. The average molecular weight is 297 g/mol. The van der Waals surface area contributed by atoms with Crippen molar-refractivity contribution in [2.75, 3.05) is 5.23 Å². The Morgan fingerprint density at radius 1 is 1.32 bits per heavy atom. The number of nitrogens with one attached hydrogen (secondary N) is 1. The van der Waals surface area contributed by atoms with E-state index in [0.29, 0.717) is 0 Å². The number of aryl methyl sites for hydroxylation is 2. The van der Waals surface area contributed by atoms with Gasteiger partial charge in [0.05, 0.1) is 11.4 Å². The smallest absolute Gasteiger partial charge is 0.0642 e. The SMILES string of the molecule is C/C(=N\N)c1ccc2[nH]c3c(C)cc(N([O-])O)c(C)c3c2c1. The van der Waals surface area contributed by atoms with Gasteiger partial charge in [-0.15, -0.1) is 0 Å². The molecule has 0 radical (unpaired) electrons. The van der Waals surface area contributed by atoms with Gasteiger partial charge in [-0.25, -0.2) is 0 Å². The van der Waals surface area contributed by atoms with E-state index in [-0.39, 0.29) is 10.9 Å². The van der Waals surface area contributed by atoms with Crippen LogP contribution in [-0.4, -0.2) is 15.9 Å². The van der Waals surface area contributed by atoms with E-state index in [4.69, 9.17) is 5.84 Å². The zero-order valence-electron chi connectivity index (χ0n) is 12.6. The molecule has 3 aromatic rings. The summed E-state index contributed by atoms with van der Waals surface area (Å²) in [6.45, 7) is 5.56. The van der Waals surface area contributed by atoms with Gasteiger partial charge in [0, 0.05) is 21.8 Å². The van der Waals surface area contributed by atoms with E-state index in [2.05, 4.69) is 10.1 Å². The van der Waals surface area contributed by atoms with Crippen LogP contribution in [0.3, 0.4) is 0 Å². The van der Waals surface area contributed by atoms with Crippen LogP contribution in [0.5, 0.6) is 0 Å². The highest BCUT2D eigenvalue weighted by Gasteiger charge is 2.14. The van der Waals surface area contributed by atoms with Gasteiger partial charge in [0.15, 0.2) is 0 Å². The summed E-state index contributed by atoms with van der Waals surface area (Å²) in [6, 6.07) is 7.57. The average Bonchev–Trinajstić information content (AvgIpc) is 2.89. The number of anilines is 1. The number of nitrogens with zero attached hydrogens (tertiary/aromatic N) is 2. The monoisotopic (exact) mass is 297 g/mol. The molecular weight excluding hydrogens is 280 g/mol. The quantitative estimate of drug-likeness (QED) is 0.383. The minimum atomic E-state index is -0.0863. The first-order valence-electron chi connectivity index (χ1n) is 6.90. The Balaban J connectivity index is 2.44. The molecule has 0 aliphatic heterocycles. The first-order valence-corrected chi connectivity index (χ1v) is 6.90. The molecule has 0 unspecified atom stereocenters. The first kappa shape index (κ1) is 14.4. The van der Waals surface area contributed by atoms with Crippen molar-refractivity contribution in [1.29, 1.82) is 0 Å². The normalized spacial score (nSPS) is 12.3. The summed E-state index contributed by atoms with van der Waals surface area (Å²) >= 11 is 0. The second kappa shape index (κ2) is 5.01. The van der Waals surface area contributed by atoms with Gasteiger partial charge in [-0.05, 0) is 55.7 Å². The predicted octanol–water partition coefficient (Wildman–Crippen LogP) is 3.31. The summed E-state index contributed by atoms with van der Waals surface area (Å²) in [6.07, 6.45) is 0. The van der Waals surface area contributed by atoms with E-state index in [1.807, 2.05) is 39.0 Å². The fraction of sp³-hybridized carbons (Fsp3) is 0.188.